The van der Waals surface area contributed by atoms with Crippen molar-refractivity contribution >= 4 is 33.4 Å². The molecule has 1 fully saturated rings. The maximum absolute atomic E-state index is 13.2. The average Bonchev–Trinajstić information content (AvgIpc) is 3.25. The average molecular weight is 382 g/mol. The molecule has 27 heavy (non-hydrogen) atoms. The minimum absolute atomic E-state index is 0.0369. The first kappa shape index (κ1) is 17.8. The van der Waals surface area contributed by atoms with Crippen molar-refractivity contribution in [1.82, 2.24) is 9.47 Å². The summed E-state index contributed by atoms with van der Waals surface area (Å²) in [6.45, 7) is 3.93. The Morgan fingerprint density at radius 2 is 1.93 bits per heavy atom. The third kappa shape index (κ3) is 3.37. The van der Waals surface area contributed by atoms with Crippen LogP contribution in [0.4, 0.5) is 0 Å². The quantitative estimate of drug-likeness (QED) is 0.753. The zero-order valence-corrected chi connectivity index (χ0v) is 16.2. The summed E-state index contributed by atoms with van der Waals surface area (Å²) in [5, 5.41) is 3.16. The van der Waals surface area contributed by atoms with Crippen LogP contribution in [0.3, 0.4) is 0 Å². The molecule has 4 rings (SSSR count). The molecule has 1 aromatic carbocycles. The monoisotopic (exact) mass is 381 g/mol. The zero-order valence-electron chi connectivity index (χ0n) is 15.4. The fourth-order valence-electron chi connectivity index (χ4n) is 3.80. The smallest absolute Gasteiger partial charge is 0.270 e. The Morgan fingerprint density at radius 1 is 1.19 bits per heavy atom. The lowest BCUT2D eigenvalue weighted by Gasteiger charge is -2.30. The second-order valence-corrected chi connectivity index (χ2v) is 8.09. The summed E-state index contributed by atoms with van der Waals surface area (Å²) in [6.07, 6.45) is 1.29. The maximum atomic E-state index is 13.2. The van der Waals surface area contributed by atoms with E-state index in [0.29, 0.717) is 32.5 Å². The Bertz CT molecular complexity index is 996. The number of nitrogens with zero attached hydrogens (tertiary/aromatic N) is 2. The van der Waals surface area contributed by atoms with Crippen molar-refractivity contribution < 1.29 is 9.59 Å². The maximum Gasteiger partial charge on any atom is 0.270 e. The number of thiophene rings is 1. The number of aromatic nitrogens is 1. The van der Waals surface area contributed by atoms with Crippen molar-refractivity contribution in [3.05, 3.63) is 58.6 Å². The lowest BCUT2D eigenvalue weighted by atomic mass is 9.96. The van der Waals surface area contributed by atoms with Crippen molar-refractivity contribution in [2.75, 3.05) is 13.1 Å². The Kier molecular flexibility index (Phi) is 4.74. The number of primary amides is 1. The van der Waals surface area contributed by atoms with Crippen LogP contribution in [0.2, 0.25) is 0 Å². The molecule has 140 valence electrons. The van der Waals surface area contributed by atoms with Crippen LogP contribution in [0, 0.1) is 12.8 Å². The predicted molar refractivity (Wildman–Crippen MR) is 108 cm³/mol. The summed E-state index contributed by atoms with van der Waals surface area (Å²) in [4.78, 5) is 27.6. The van der Waals surface area contributed by atoms with E-state index in [9.17, 15) is 9.59 Å². The van der Waals surface area contributed by atoms with Crippen molar-refractivity contribution in [3.8, 4) is 0 Å². The van der Waals surface area contributed by atoms with E-state index < -0.39 is 0 Å². The van der Waals surface area contributed by atoms with Crippen molar-refractivity contribution in [3.63, 3.8) is 0 Å². The van der Waals surface area contributed by atoms with Crippen LogP contribution in [0.25, 0.3) is 10.2 Å². The van der Waals surface area contributed by atoms with Gasteiger partial charge in [0.05, 0.1) is 0 Å². The van der Waals surface area contributed by atoms with E-state index in [1.54, 1.807) is 11.3 Å². The lowest BCUT2D eigenvalue weighted by molar-refractivity contribution is -0.123. The van der Waals surface area contributed by atoms with E-state index in [1.165, 1.54) is 11.1 Å². The Morgan fingerprint density at radius 3 is 2.63 bits per heavy atom. The molecule has 0 bridgehead atoms. The molecule has 1 aliphatic rings. The molecule has 5 nitrogen and oxygen atoms in total. The van der Waals surface area contributed by atoms with Gasteiger partial charge in [0.15, 0.2) is 0 Å². The Labute approximate surface area is 162 Å². The fourth-order valence-corrected chi connectivity index (χ4v) is 4.69. The molecule has 2 N–H and O–H groups in total. The molecule has 2 aromatic heterocycles. The number of piperidine rings is 1. The SMILES string of the molecule is Cc1ccccc1Cn1c(C(=O)N2CCC(C(N)=O)CC2)cc2ccsc21. The van der Waals surface area contributed by atoms with Gasteiger partial charge in [-0.2, -0.15) is 0 Å². The topological polar surface area (TPSA) is 68.3 Å². The second-order valence-electron chi connectivity index (χ2n) is 7.19. The number of fused-ring (bicyclic) bond motifs is 1. The van der Waals surface area contributed by atoms with Crippen LogP contribution in [-0.2, 0) is 11.3 Å². The largest absolute Gasteiger partial charge is 0.369 e. The summed E-state index contributed by atoms with van der Waals surface area (Å²) in [5.41, 5.74) is 8.57. The van der Waals surface area contributed by atoms with E-state index in [4.69, 9.17) is 5.73 Å². The summed E-state index contributed by atoms with van der Waals surface area (Å²) >= 11 is 1.66. The summed E-state index contributed by atoms with van der Waals surface area (Å²) in [7, 11) is 0. The number of hydrogen-bond acceptors (Lipinski definition) is 3. The minimum Gasteiger partial charge on any atom is -0.369 e. The van der Waals surface area contributed by atoms with E-state index >= 15 is 0 Å². The van der Waals surface area contributed by atoms with Gasteiger partial charge >= 0.3 is 0 Å². The molecule has 0 atom stereocenters. The van der Waals surface area contributed by atoms with Crippen LogP contribution in [0.1, 0.15) is 34.5 Å². The van der Waals surface area contributed by atoms with E-state index in [2.05, 4.69) is 35.1 Å². The highest BCUT2D eigenvalue weighted by Gasteiger charge is 2.28. The number of carbonyl (C=O) groups excluding carboxylic acids is 2. The third-order valence-corrected chi connectivity index (χ3v) is 6.45. The van der Waals surface area contributed by atoms with Crippen LogP contribution in [0.15, 0.2) is 41.8 Å². The highest BCUT2D eigenvalue weighted by molar-refractivity contribution is 7.16. The first-order valence-corrected chi connectivity index (χ1v) is 10.1. The van der Waals surface area contributed by atoms with Gasteiger partial charge in [0, 0.05) is 30.9 Å². The van der Waals surface area contributed by atoms with Gasteiger partial charge in [0.1, 0.15) is 10.5 Å². The molecular formula is C21H23N3O2S. The van der Waals surface area contributed by atoms with Gasteiger partial charge in [-0.1, -0.05) is 24.3 Å². The molecule has 1 saturated heterocycles. The lowest BCUT2D eigenvalue weighted by Crippen LogP contribution is -2.42. The van der Waals surface area contributed by atoms with Crippen LogP contribution in [-0.4, -0.2) is 34.4 Å². The summed E-state index contributed by atoms with van der Waals surface area (Å²) < 4.78 is 2.13. The molecule has 2 amide bonds. The molecule has 0 spiro atoms. The number of likely N-dealkylation sites (tertiary alicyclic amines) is 1. The van der Waals surface area contributed by atoms with Crippen molar-refractivity contribution in [1.29, 1.82) is 0 Å². The van der Waals surface area contributed by atoms with Crippen molar-refractivity contribution in [2.45, 2.75) is 26.3 Å². The molecule has 3 aromatic rings. The van der Waals surface area contributed by atoms with Crippen LogP contribution in [0.5, 0.6) is 0 Å². The van der Waals surface area contributed by atoms with Gasteiger partial charge in [-0.25, -0.2) is 0 Å². The molecule has 1 aliphatic heterocycles. The third-order valence-electron chi connectivity index (χ3n) is 5.50. The van der Waals surface area contributed by atoms with Gasteiger partial charge in [-0.15, -0.1) is 11.3 Å². The number of amides is 2. The van der Waals surface area contributed by atoms with E-state index in [-0.39, 0.29) is 17.7 Å². The first-order valence-electron chi connectivity index (χ1n) is 9.24. The number of rotatable bonds is 4. The predicted octanol–water partition coefficient (Wildman–Crippen LogP) is 3.40. The Hall–Kier alpha value is -2.60. The van der Waals surface area contributed by atoms with E-state index in [0.717, 1.165) is 15.9 Å². The van der Waals surface area contributed by atoms with Gasteiger partial charge in [-0.05, 0) is 48.4 Å². The number of carbonyl (C=O) groups is 2. The molecule has 0 aliphatic carbocycles. The standard InChI is InChI=1S/C21H23N3O2S/c1-14-4-2-3-5-17(14)13-24-18(12-16-8-11-27-21(16)24)20(26)23-9-6-15(7-10-23)19(22)25/h2-5,8,11-12,15H,6-7,9-10,13H2,1H3,(H2,22,25). The van der Waals surface area contributed by atoms with E-state index in [1.807, 2.05) is 23.1 Å². The van der Waals surface area contributed by atoms with Gasteiger partial charge in [0.25, 0.3) is 5.91 Å². The molecular weight excluding hydrogens is 358 g/mol. The number of aryl methyl sites for hydroxylation is 1. The molecule has 0 unspecified atom stereocenters. The fraction of sp³-hybridized carbons (Fsp3) is 0.333. The van der Waals surface area contributed by atoms with Crippen molar-refractivity contribution in [2.24, 2.45) is 11.7 Å². The second kappa shape index (κ2) is 7.19. The zero-order chi connectivity index (χ0) is 19.0. The number of nitrogens with two attached hydrogens (primary N) is 1. The van der Waals surface area contributed by atoms with Gasteiger partial charge in [-0.3, -0.25) is 9.59 Å². The van der Waals surface area contributed by atoms with Crippen LogP contribution >= 0.6 is 11.3 Å². The van der Waals surface area contributed by atoms with Gasteiger partial charge < -0.3 is 15.2 Å². The Balaban J connectivity index is 1.64. The molecule has 0 saturated carbocycles. The van der Waals surface area contributed by atoms with Gasteiger partial charge in [0.2, 0.25) is 5.91 Å². The normalized spacial score (nSPS) is 15.4. The number of benzene rings is 1. The summed E-state index contributed by atoms with van der Waals surface area (Å²) in [5.74, 6) is -0.336. The van der Waals surface area contributed by atoms with Crippen LogP contribution < -0.4 is 5.73 Å². The highest BCUT2D eigenvalue weighted by Crippen LogP contribution is 2.28. The first-order chi connectivity index (χ1) is 13.0. The molecule has 3 heterocycles. The molecule has 6 heteroatoms. The highest BCUT2D eigenvalue weighted by atomic mass is 32.1. The minimum atomic E-state index is -0.259. The molecule has 0 radical (unpaired) electrons. The summed E-state index contributed by atoms with van der Waals surface area (Å²) in [6, 6.07) is 12.3. The number of hydrogen-bond donors (Lipinski definition) is 1.